The molecule has 3 aromatic carbocycles. The van der Waals surface area contributed by atoms with E-state index >= 15 is 0 Å². The second kappa shape index (κ2) is 15.2. The minimum Gasteiger partial charge on any atom is -0.497 e. The number of fused-ring (bicyclic) bond motifs is 1. The van der Waals surface area contributed by atoms with Gasteiger partial charge >= 0.3 is 5.97 Å². The van der Waals surface area contributed by atoms with Crippen molar-refractivity contribution in [1.82, 2.24) is 4.57 Å². The third-order valence-electron chi connectivity index (χ3n) is 8.11. The molecular formula is C37H40N2O7S. The van der Waals surface area contributed by atoms with Crippen LogP contribution in [0, 0.1) is 0 Å². The molecule has 0 saturated carbocycles. The number of benzene rings is 3. The summed E-state index contributed by atoms with van der Waals surface area (Å²) in [6.07, 6.45) is 2.88. The monoisotopic (exact) mass is 656 g/mol. The molecule has 10 heteroatoms. The molecule has 5 rings (SSSR count). The van der Waals surface area contributed by atoms with Crippen molar-refractivity contribution in [3.05, 3.63) is 114 Å². The number of hydrogen-bond acceptors (Lipinski definition) is 9. The number of esters is 1. The smallest absolute Gasteiger partial charge is 0.338 e. The van der Waals surface area contributed by atoms with Crippen LogP contribution in [0.3, 0.4) is 0 Å². The Bertz CT molecular complexity index is 1930. The molecule has 0 amide bonds. The van der Waals surface area contributed by atoms with Crippen molar-refractivity contribution in [3.63, 3.8) is 0 Å². The number of thiazole rings is 1. The van der Waals surface area contributed by atoms with E-state index in [4.69, 9.17) is 23.7 Å². The van der Waals surface area contributed by atoms with E-state index in [1.165, 1.54) is 16.9 Å². The Kier molecular flexibility index (Phi) is 10.8. The summed E-state index contributed by atoms with van der Waals surface area (Å²) in [5.41, 5.74) is 3.35. The van der Waals surface area contributed by atoms with E-state index in [0.29, 0.717) is 57.0 Å². The van der Waals surface area contributed by atoms with E-state index in [-0.39, 0.29) is 12.2 Å². The highest BCUT2D eigenvalue weighted by Crippen LogP contribution is 2.32. The van der Waals surface area contributed by atoms with Crippen LogP contribution in [-0.4, -0.2) is 44.6 Å². The van der Waals surface area contributed by atoms with E-state index in [0.717, 1.165) is 23.3 Å². The fraction of sp³-hybridized carbons (Fsp3) is 0.324. The highest BCUT2D eigenvalue weighted by atomic mass is 32.1. The number of rotatable bonds is 13. The predicted molar refractivity (Wildman–Crippen MR) is 183 cm³/mol. The maximum atomic E-state index is 14.0. The molecular weight excluding hydrogens is 616 g/mol. The molecule has 4 aromatic rings. The van der Waals surface area contributed by atoms with Gasteiger partial charge in [-0.3, -0.25) is 9.36 Å². The Morgan fingerprint density at radius 2 is 1.64 bits per heavy atom. The van der Waals surface area contributed by atoms with Gasteiger partial charge in [0, 0.05) is 0 Å². The Balaban J connectivity index is 1.38. The average Bonchev–Trinajstić information content (AvgIpc) is 3.39. The van der Waals surface area contributed by atoms with Crippen molar-refractivity contribution < 1.29 is 28.5 Å². The molecule has 1 aliphatic heterocycles. The summed E-state index contributed by atoms with van der Waals surface area (Å²) >= 11 is 1.26. The summed E-state index contributed by atoms with van der Waals surface area (Å²) in [6, 6.07) is 20.2. The number of nitrogens with zero attached hydrogens (tertiary/aromatic N) is 2. The van der Waals surface area contributed by atoms with Gasteiger partial charge in [-0.2, -0.15) is 0 Å². The largest absolute Gasteiger partial charge is 0.497 e. The minimum atomic E-state index is -0.705. The van der Waals surface area contributed by atoms with Gasteiger partial charge in [-0.25, -0.2) is 9.79 Å². The van der Waals surface area contributed by atoms with Crippen molar-refractivity contribution >= 4 is 23.4 Å². The van der Waals surface area contributed by atoms with E-state index in [1.807, 2.05) is 42.5 Å². The molecule has 0 unspecified atom stereocenters. The SMILES string of the molecule is CCOC(=O)C1=C(C)N=c2s/c(=C/c3ccc(OCCOc4ccc([C@@H](C)CC)cc4)c(OC)c3)c(=O)n2[C@H]1c1ccc(OC)cc1. The number of hydrogen-bond donors (Lipinski definition) is 0. The number of methoxy groups -OCH3 is 2. The second-order valence-electron chi connectivity index (χ2n) is 11.1. The van der Waals surface area contributed by atoms with E-state index in [9.17, 15) is 9.59 Å². The Morgan fingerprint density at radius 3 is 2.30 bits per heavy atom. The zero-order valence-electron chi connectivity index (χ0n) is 27.6. The van der Waals surface area contributed by atoms with Gasteiger partial charge < -0.3 is 23.7 Å². The molecule has 0 N–H and O–H groups in total. The lowest BCUT2D eigenvalue weighted by Crippen LogP contribution is -2.39. The Labute approximate surface area is 278 Å². The lowest BCUT2D eigenvalue weighted by molar-refractivity contribution is -0.139. The van der Waals surface area contributed by atoms with Gasteiger partial charge in [0.25, 0.3) is 5.56 Å². The number of aromatic nitrogens is 1. The van der Waals surface area contributed by atoms with Crippen LogP contribution in [0.5, 0.6) is 23.0 Å². The normalized spacial score (nSPS) is 15.0. The minimum absolute atomic E-state index is 0.205. The van der Waals surface area contributed by atoms with Crippen LogP contribution in [0.15, 0.2) is 87.8 Å². The highest BCUT2D eigenvalue weighted by molar-refractivity contribution is 7.07. The maximum Gasteiger partial charge on any atom is 0.338 e. The third-order valence-corrected chi connectivity index (χ3v) is 9.09. The quantitative estimate of drug-likeness (QED) is 0.133. The summed E-state index contributed by atoms with van der Waals surface area (Å²) in [5, 5.41) is 0. The lowest BCUT2D eigenvalue weighted by atomic mass is 9.96. The first-order valence-corrected chi connectivity index (χ1v) is 16.5. The summed E-state index contributed by atoms with van der Waals surface area (Å²) in [6.45, 7) is 8.80. The molecule has 2 heterocycles. The van der Waals surface area contributed by atoms with Crippen LogP contribution >= 0.6 is 11.3 Å². The van der Waals surface area contributed by atoms with Crippen LogP contribution in [-0.2, 0) is 9.53 Å². The van der Waals surface area contributed by atoms with Crippen LogP contribution in [0.25, 0.3) is 6.08 Å². The highest BCUT2D eigenvalue weighted by Gasteiger charge is 2.33. The first kappa shape index (κ1) is 33.5. The van der Waals surface area contributed by atoms with Gasteiger partial charge in [-0.1, -0.05) is 55.5 Å². The predicted octanol–water partition coefficient (Wildman–Crippen LogP) is 5.79. The summed E-state index contributed by atoms with van der Waals surface area (Å²) < 4.78 is 30.2. The molecule has 0 aliphatic carbocycles. The molecule has 2 atom stereocenters. The molecule has 0 bridgehead atoms. The van der Waals surface area contributed by atoms with Gasteiger partial charge in [-0.05, 0) is 85.4 Å². The zero-order valence-corrected chi connectivity index (χ0v) is 28.4. The van der Waals surface area contributed by atoms with Crippen molar-refractivity contribution in [3.8, 4) is 23.0 Å². The molecule has 246 valence electrons. The maximum absolute atomic E-state index is 14.0. The first-order valence-electron chi connectivity index (χ1n) is 15.6. The molecule has 0 saturated heterocycles. The fourth-order valence-corrected chi connectivity index (χ4v) is 6.42. The zero-order chi connectivity index (χ0) is 33.5. The fourth-order valence-electron chi connectivity index (χ4n) is 5.38. The van der Waals surface area contributed by atoms with Crippen molar-refractivity contribution in [2.24, 2.45) is 4.99 Å². The summed E-state index contributed by atoms with van der Waals surface area (Å²) in [5.74, 6) is 2.57. The average molecular weight is 657 g/mol. The first-order chi connectivity index (χ1) is 22.8. The molecule has 0 fully saturated rings. The Morgan fingerprint density at radius 1 is 0.936 bits per heavy atom. The molecule has 47 heavy (non-hydrogen) atoms. The third kappa shape index (κ3) is 7.44. The van der Waals surface area contributed by atoms with Gasteiger partial charge in [0.15, 0.2) is 16.3 Å². The van der Waals surface area contributed by atoms with Gasteiger partial charge in [0.1, 0.15) is 24.7 Å². The lowest BCUT2D eigenvalue weighted by Gasteiger charge is -2.24. The number of ether oxygens (including phenoxy) is 5. The van der Waals surface area contributed by atoms with Gasteiger partial charge in [0.2, 0.25) is 0 Å². The van der Waals surface area contributed by atoms with Crippen LogP contribution in [0.4, 0.5) is 0 Å². The summed E-state index contributed by atoms with van der Waals surface area (Å²) in [7, 11) is 3.16. The summed E-state index contributed by atoms with van der Waals surface area (Å²) in [4.78, 5) is 32.2. The van der Waals surface area contributed by atoms with E-state index < -0.39 is 12.0 Å². The van der Waals surface area contributed by atoms with Crippen LogP contribution in [0.2, 0.25) is 0 Å². The van der Waals surface area contributed by atoms with Gasteiger partial charge in [-0.15, -0.1) is 0 Å². The number of allylic oxidation sites excluding steroid dienone is 1. The molecule has 0 spiro atoms. The molecule has 9 nitrogen and oxygen atoms in total. The Hall–Kier alpha value is -4.83. The number of carbonyl (C=O) groups excluding carboxylic acids is 1. The van der Waals surface area contributed by atoms with Gasteiger partial charge in [0.05, 0.1) is 42.7 Å². The second-order valence-corrected chi connectivity index (χ2v) is 12.1. The van der Waals surface area contributed by atoms with Crippen molar-refractivity contribution in [2.45, 2.75) is 46.1 Å². The number of carbonyl (C=O) groups is 1. The molecule has 0 radical (unpaired) electrons. The topological polar surface area (TPSA) is 97.6 Å². The molecule has 1 aliphatic rings. The molecule has 1 aromatic heterocycles. The van der Waals surface area contributed by atoms with Crippen LogP contribution in [0.1, 0.15) is 62.8 Å². The van der Waals surface area contributed by atoms with E-state index in [2.05, 4.69) is 31.0 Å². The van der Waals surface area contributed by atoms with E-state index in [1.54, 1.807) is 50.8 Å². The standard InChI is InChI=1S/C37H40N2O7S/c1-7-23(3)26-10-16-29(17-11-26)45-19-20-46-30-18-9-25(21-31(30)43-6)22-32-35(40)39-34(27-12-14-28(42-5)15-13-27)33(36(41)44-8-2)24(4)38-37(39)47-32/h9-18,21-23,34H,7-8,19-20H2,1-6H3/b32-22+/t23-,34-/m0/s1. The van der Waals surface area contributed by atoms with Crippen molar-refractivity contribution in [2.75, 3.05) is 34.0 Å². The van der Waals surface area contributed by atoms with Crippen LogP contribution < -0.4 is 33.8 Å². The van der Waals surface area contributed by atoms with Crippen molar-refractivity contribution in [1.29, 1.82) is 0 Å².